The van der Waals surface area contributed by atoms with Crippen molar-refractivity contribution in [2.24, 2.45) is 0 Å². The zero-order valence-electron chi connectivity index (χ0n) is 11.1. The molecule has 0 fully saturated rings. The van der Waals surface area contributed by atoms with E-state index in [-0.39, 0.29) is 17.2 Å². The predicted octanol–water partition coefficient (Wildman–Crippen LogP) is 2.11. The minimum atomic E-state index is -0.544. The van der Waals surface area contributed by atoms with E-state index in [1.54, 1.807) is 6.07 Å². The van der Waals surface area contributed by atoms with Gasteiger partial charge in [0.2, 0.25) is 5.91 Å². The van der Waals surface area contributed by atoms with Gasteiger partial charge in [-0.3, -0.25) is 20.4 Å². The normalized spacial score (nSPS) is 10.2. The third kappa shape index (κ3) is 3.06. The number of carbonyl (C=O) groups excluding carboxylic acids is 2. The van der Waals surface area contributed by atoms with Crippen molar-refractivity contribution in [3.8, 4) is 5.75 Å². The molecule has 0 saturated heterocycles. The molecular formula is C15H16N2O3. The summed E-state index contributed by atoms with van der Waals surface area (Å²) in [4.78, 5) is 23.2. The molecule has 0 aliphatic heterocycles. The number of rotatable bonds is 3. The van der Waals surface area contributed by atoms with Crippen LogP contribution in [0.3, 0.4) is 0 Å². The van der Waals surface area contributed by atoms with Crippen LogP contribution in [0.25, 0.3) is 10.8 Å². The van der Waals surface area contributed by atoms with Crippen molar-refractivity contribution in [3.63, 3.8) is 0 Å². The molecule has 2 aromatic carbocycles. The average Bonchev–Trinajstić information content (AvgIpc) is 2.44. The highest BCUT2D eigenvalue weighted by Gasteiger charge is 2.12. The van der Waals surface area contributed by atoms with Crippen LogP contribution >= 0.6 is 0 Å². The number of benzene rings is 2. The van der Waals surface area contributed by atoms with E-state index in [9.17, 15) is 14.7 Å². The molecule has 0 aromatic heterocycles. The van der Waals surface area contributed by atoms with Crippen molar-refractivity contribution in [2.75, 3.05) is 0 Å². The molecule has 0 unspecified atom stereocenters. The summed E-state index contributed by atoms with van der Waals surface area (Å²) in [5.74, 6) is -0.926. The summed E-state index contributed by atoms with van der Waals surface area (Å²) >= 11 is 0. The first-order valence-electron chi connectivity index (χ1n) is 6.42. The van der Waals surface area contributed by atoms with Gasteiger partial charge in [-0.15, -0.1) is 0 Å². The maximum Gasteiger partial charge on any atom is 0.273 e. The maximum absolute atomic E-state index is 11.9. The Kier molecular flexibility index (Phi) is 4.20. The highest BCUT2D eigenvalue weighted by atomic mass is 16.3. The molecule has 3 N–H and O–H groups in total. The van der Waals surface area contributed by atoms with Gasteiger partial charge in [-0.25, -0.2) is 0 Å². The lowest BCUT2D eigenvalue weighted by atomic mass is 10.1. The van der Waals surface area contributed by atoms with Gasteiger partial charge in [-0.2, -0.15) is 0 Å². The zero-order chi connectivity index (χ0) is 14.5. The van der Waals surface area contributed by atoms with Crippen LogP contribution in [-0.4, -0.2) is 16.9 Å². The molecule has 20 heavy (non-hydrogen) atoms. The van der Waals surface area contributed by atoms with Crippen LogP contribution in [0.5, 0.6) is 5.75 Å². The number of phenolic OH excluding ortho intramolecular Hbond substituents is 1. The van der Waals surface area contributed by atoms with Gasteiger partial charge in [-0.05, 0) is 29.3 Å². The number of hydrogen-bond donors (Lipinski definition) is 3. The van der Waals surface area contributed by atoms with Crippen LogP contribution in [0, 0.1) is 0 Å². The first-order valence-corrected chi connectivity index (χ1v) is 6.42. The Hall–Kier alpha value is -2.56. The maximum atomic E-state index is 11.9. The summed E-state index contributed by atoms with van der Waals surface area (Å²) in [7, 11) is 0. The smallest absolute Gasteiger partial charge is 0.273 e. The summed E-state index contributed by atoms with van der Waals surface area (Å²) in [6.07, 6.45) is 1.03. The summed E-state index contributed by atoms with van der Waals surface area (Å²) in [5, 5.41) is 11.6. The van der Waals surface area contributed by atoms with Crippen molar-refractivity contribution >= 4 is 22.6 Å². The molecule has 5 nitrogen and oxygen atoms in total. The fourth-order valence-electron chi connectivity index (χ4n) is 1.89. The van der Waals surface area contributed by atoms with Crippen LogP contribution < -0.4 is 10.9 Å². The monoisotopic (exact) mass is 272 g/mol. The molecule has 2 rings (SSSR count). The Balaban J connectivity index is 2.17. The second kappa shape index (κ2) is 6.06. The molecule has 0 saturated carbocycles. The second-order valence-electron chi connectivity index (χ2n) is 4.47. The Bertz CT molecular complexity index is 653. The fraction of sp³-hybridized carbons (Fsp3) is 0.200. The minimum Gasteiger partial charge on any atom is -0.507 e. The highest BCUT2D eigenvalue weighted by molar-refractivity contribution is 6.02. The lowest BCUT2D eigenvalue weighted by molar-refractivity contribution is -0.121. The lowest BCUT2D eigenvalue weighted by Crippen LogP contribution is -2.41. The van der Waals surface area contributed by atoms with Gasteiger partial charge >= 0.3 is 0 Å². The molecule has 0 radical (unpaired) electrons. The van der Waals surface area contributed by atoms with E-state index in [1.165, 1.54) is 6.07 Å². The number of fused-ring (bicyclic) bond motifs is 1. The lowest BCUT2D eigenvalue weighted by Gasteiger charge is -2.09. The van der Waals surface area contributed by atoms with Crippen LogP contribution in [0.1, 0.15) is 30.1 Å². The van der Waals surface area contributed by atoms with Gasteiger partial charge in [0.15, 0.2) is 0 Å². The summed E-state index contributed by atoms with van der Waals surface area (Å²) in [5.41, 5.74) is 4.72. The van der Waals surface area contributed by atoms with E-state index in [1.807, 2.05) is 31.2 Å². The molecule has 0 bridgehead atoms. The predicted molar refractivity (Wildman–Crippen MR) is 76.1 cm³/mol. The van der Waals surface area contributed by atoms with E-state index in [0.717, 1.165) is 10.8 Å². The van der Waals surface area contributed by atoms with Crippen molar-refractivity contribution in [2.45, 2.75) is 19.8 Å². The molecular weight excluding hydrogens is 256 g/mol. The third-order valence-corrected chi connectivity index (χ3v) is 2.90. The molecule has 0 aliphatic rings. The van der Waals surface area contributed by atoms with Crippen LogP contribution in [0.2, 0.25) is 0 Å². The number of hydrazine groups is 1. The SMILES string of the molecule is CCCC(=O)NNC(=O)c1cc2ccccc2cc1O. The summed E-state index contributed by atoms with van der Waals surface area (Å²) < 4.78 is 0. The Morgan fingerprint density at radius 3 is 2.40 bits per heavy atom. The Morgan fingerprint density at radius 1 is 1.10 bits per heavy atom. The van der Waals surface area contributed by atoms with E-state index in [4.69, 9.17) is 0 Å². The van der Waals surface area contributed by atoms with Crippen molar-refractivity contribution in [1.82, 2.24) is 10.9 Å². The van der Waals surface area contributed by atoms with E-state index >= 15 is 0 Å². The molecule has 0 aliphatic carbocycles. The molecule has 0 spiro atoms. The zero-order valence-corrected chi connectivity index (χ0v) is 11.1. The molecule has 104 valence electrons. The first-order chi connectivity index (χ1) is 9.61. The van der Waals surface area contributed by atoms with Gasteiger partial charge in [0, 0.05) is 6.42 Å². The van der Waals surface area contributed by atoms with Gasteiger partial charge in [0.05, 0.1) is 5.56 Å². The molecule has 2 aromatic rings. The molecule has 2 amide bonds. The molecule has 0 heterocycles. The second-order valence-corrected chi connectivity index (χ2v) is 4.47. The highest BCUT2D eigenvalue weighted by Crippen LogP contribution is 2.24. The number of hydrogen-bond acceptors (Lipinski definition) is 3. The van der Waals surface area contributed by atoms with E-state index in [0.29, 0.717) is 12.8 Å². The number of amides is 2. The molecule has 0 atom stereocenters. The fourth-order valence-corrected chi connectivity index (χ4v) is 1.89. The van der Waals surface area contributed by atoms with E-state index in [2.05, 4.69) is 10.9 Å². The summed E-state index contributed by atoms with van der Waals surface area (Å²) in [6.45, 7) is 1.87. The van der Waals surface area contributed by atoms with E-state index < -0.39 is 5.91 Å². The van der Waals surface area contributed by atoms with Gasteiger partial charge in [-0.1, -0.05) is 31.2 Å². The van der Waals surface area contributed by atoms with Crippen molar-refractivity contribution < 1.29 is 14.7 Å². The van der Waals surface area contributed by atoms with Crippen molar-refractivity contribution in [1.29, 1.82) is 0 Å². The number of phenols is 1. The quantitative estimate of drug-likeness (QED) is 0.749. The molecule has 5 heteroatoms. The van der Waals surface area contributed by atoms with Gasteiger partial charge in [0.25, 0.3) is 5.91 Å². The van der Waals surface area contributed by atoms with Crippen LogP contribution in [0.15, 0.2) is 36.4 Å². The van der Waals surface area contributed by atoms with Crippen molar-refractivity contribution in [3.05, 3.63) is 42.0 Å². The number of carbonyl (C=O) groups is 2. The first kappa shape index (κ1) is 13.9. The minimum absolute atomic E-state index is 0.119. The Labute approximate surface area is 116 Å². The van der Waals surface area contributed by atoms with Crippen LogP contribution in [-0.2, 0) is 4.79 Å². The standard InChI is InChI=1S/C15H16N2O3/c1-2-5-14(19)16-17-15(20)12-8-10-6-3-4-7-11(10)9-13(12)18/h3-4,6-9,18H,2,5H2,1H3,(H,16,19)(H,17,20). The third-order valence-electron chi connectivity index (χ3n) is 2.90. The topological polar surface area (TPSA) is 78.4 Å². The largest absolute Gasteiger partial charge is 0.507 e. The van der Waals surface area contributed by atoms with Gasteiger partial charge < -0.3 is 5.11 Å². The number of nitrogens with one attached hydrogen (secondary N) is 2. The Morgan fingerprint density at radius 2 is 1.75 bits per heavy atom. The average molecular weight is 272 g/mol. The van der Waals surface area contributed by atoms with Gasteiger partial charge in [0.1, 0.15) is 5.75 Å². The number of aromatic hydroxyl groups is 1. The summed E-state index contributed by atoms with van der Waals surface area (Å²) in [6, 6.07) is 10.5. The van der Waals surface area contributed by atoms with Crippen LogP contribution in [0.4, 0.5) is 0 Å².